The summed E-state index contributed by atoms with van der Waals surface area (Å²) in [5.41, 5.74) is -0.155. The maximum atomic E-state index is 13.0. The highest BCUT2D eigenvalue weighted by Crippen LogP contribution is 2.32. The van der Waals surface area contributed by atoms with Crippen molar-refractivity contribution in [2.24, 2.45) is 0 Å². The zero-order valence-corrected chi connectivity index (χ0v) is 17.3. The molecule has 1 atom stereocenters. The first-order valence-electron chi connectivity index (χ1n) is 9.89. The summed E-state index contributed by atoms with van der Waals surface area (Å²) in [5, 5.41) is 0. The molecule has 0 N–H and O–H groups in total. The Balaban J connectivity index is 1.59. The van der Waals surface area contributed by atoms with Gasteiger partial charge in [-0.05, 0) is 24.6 Å². The third kappa shape index (κ3) is 5.18. The van der Waals surface area contributed by atoms with Crippen LogP contribution in [0.25, 0.3) is 0 Å². The Kier molecular flexibility index (Phi) is 6.97. The van der Waals surface area contributed by atoms with E-state index in [1.165, 1.54) is 6.07 Å². The number of anilines is 1. The molecule has 160 valence electrons. The normalized spacial score (nSPS) is 20.3. The van der Waals surface area contributed by atoms with Crippen molar-refractivity contribution in [2.75, 3.05) is 42.7 Å². The lowest BCUT2D eigenvalue weighted by atomic mass is 10.1. The van der Waals surface area contributed by atoms with Gasteiger partial charge in [0.1, 0.15) is 6.04 Å². The molecule has 1 aromatic carbocycles. The highest BCUT2D eigenvalue weighted by molar-refractivity contribution is 7.99. The molecule has 2 amide bonds. The summed E-state index contributed by atoms with van der Waals surface area (Å²) in [4.78, 5) is 30.6. The SMILES string of the molecule is CCCCC(=O)N1CSCC1C(=O)N1CCN(c2cccc(C(F)(F)F)c2)CC1. The van der Waals surface area contributed by atoms with Crippen LogP contribution in [0.3, 0.4) is 0 Å². The maximum Gasteiger partial charge on any atom is 0.416 e. The van der Waals surface area contributed by atoms with E-state index in [-0.39, 0.29) is 11.8 Å². The molecular weight excluding hydrogens is 403 g/mol. The number of benzene rings is 1. The van der Waals surface area contributed by atoms with E-state index in [0.29, 0.717) is 49.9 Å². The van der Waals surface area contributed by atoms with Crippen LogP contribution in [-0.4, -0.2) is 65.5 Å². The third-order valence-corrected chi connectivity index (χ3v) is 6.37. The number of nitrogens with zero attached hydrogens (tertiary/aromatic N) is 3. The topological polar surface area (TPSA) is 43.9 Å². The van der Waals surface area contributed by atoms with E-state index in [1.807, 2.05) is 11.8 Å². The molecule has 29 heavy (non-hydrogen) atoms. The number of halogens is 3. The molecule has 0 radical (unpaired) electrons. The zero-order valence-electron chi connectivity index (χ0n) is 16.5. The first-order chi connectivity index (χ1) is 13.8. The largest absolute Gasteiger partial charge is 0.416 e. The van der Waals surface area contributed by atoms with Crippen molar-refractivity contribution in [3.8, 4) is 0 Å². The predicted molar refractivity (Wildman–Crippen MR) is 108 cm³/mol. The second-order valence-electron chi connectivity index (χ2n) is 7.34. The van der Waals surface area contributed by atoms with Crippen molar-refractivity contribution in [1.82, 2.24) is 9.80 Å². The van der Waals surface area contributed by atoms with Crippen LogP contribution in [0.1, 0.15) is 31.7 Å². The van der Waals surface area contributed by atoms with Gasteiger partial charge in [-0.1, -0.05) is 19.4 Å². The summed E-state index contributed by atoms with van der Waals surface area (Å²) in [7, 11) is 0. The van der Waals surface area contributed by atoms with E-state index in [4.69, 9.17) is 0 Å². The second kappa shape index (κ2) is 9.28. The van der Waals surface area contributed by atoms with Gasteiger partial charge in [0.2, 0.25) is 11.8 Å². The molecule has 1 unspecified atom stereocenters. The standard InChI is InChI=1S/C20H26F3N3O2S/c1-2-3-7-18(27)26-14-29-13-17(26)19(28)25-10-8-24(9-11-25)16-6-4-5-15(12-16)20(21,22)23/h4-6,12,17H,2-3,7-11,13-14H2,1H3. The third-order valence-electron chi connectivity index (χ3n) is 5.36. The minimum absolute atomic E-state index is 0.0257. The summed E-state index contributed by atoms with van der Waals surface area (Å²) >= 11 is 1.59. The van der Waals surface area contributed by atoms with Crippen molar-refractivity contribution < 1.29 is 22.8 Å². The zero-order chi connectivity index (χ0) is 21.0. The van der Waals surface area contributed by atoms with Crippen LogP contribution >= 0.6 is 11.8 Å². The van der Waals surface area contributed by atoms with Crippen molar-refractivity contribution >= 4 is 29.3 Å². The van der Waals surface area contributed by atoms with Gasteiger partial charge in [0, 0.05) is 44.0 Å². The van der Waals surface area contributed by atoms with Crippen molar-refractivity contribution in [2.45, 2.75) is 38.4 Å². The molecule has 0 aromatic heterocycles. The average Bonchev–Trinajstić information content (AvgIpc) is 3.21. The van der Waals surface area contributed by atoms with Crippen LogP contribution in [0.15, 0.2) is 24.3 Å². The molecule has 2 saturated heterocycles. The molecular formula is C20H26F3N3O2S. The number of hydrogen-bond acceptors (Lipinski definition) is 4. The number of hydrogen-bond donors (Lipinski definition) is 0. The number of alkyl halides is 3. The summed E-state index contributed by atoms with van der Waals surface area (Å²) < 4.78 is 38.8. The summed E-state index contributed by atoms with van der Waals surface area (Å²) in [5.74, 6) is 1.12. The van der Waals surface area contributed by atoms with Gasteiger partial charge in [0.25, 0.3) is 0 Å². The fourth-order valence-electron chi connectivity index (χ4n) is 3.64. The molecule has 1 aromatic rings. The fourth-order valence-corrected chi connectivity index (χ4v) is 4.81. The minimum Gasteiger partial charge on any atom is -0.368 e. The summed E-state index contributed by atoms with van der Waals surface area (Å²) in [6.45, 7) is 3.84. The molecule has 3 rings (SSSR count). The Labute approximate surface area is 173 Å². The molecule has 2 aliphatic rings. The van der Waals surface area contributed by atoms with E-state index in [9.17, 15) is 22.8 Å². The quantitative estimate of drug-likeness (QED) is 0.719. The summed E-state index contributed by atoms with van der Waals surface area (Å²) in [6.07, 6.45) is -2.16. The Morgan fingerprint density at radius 2 is 1.90 bits per heavy atom. The van der Waals surface area contributed by atoms with Gasteiger partial charge in [-0.25, -0.2) is 0 Å². The molecule has 0 bridgehead atoms. The maximum absolute atomic E-state index is 13.0. The molecule has 2 heterocycles. The molecule has 5 nitrogen and oxygen atoms in total. The van der Waals surface area contributed by atoms with Crippen LogP contribution in [-0.2, 0) is 15.8 Å². The van der Waals surface area contributed by atoms with Gasteiger partial charge in [-0.15, -0.1) is 11.8 Å². The van der Waals surface area contributed by atoms with Crippen molar-refractivity contribution in [3.63, 3.8) is 0 Å². The molecule has 0 spiro atoms. The number of carbonyl (C=O) groups excluding carboxylic acids is 2. The van der Waals surface area contributed by atoms with E-state index in [2.05, 4.69) is 0 Å². The second-order valence-corrected chi connectivity index (χ2v) is 8.34. The number of rotatable bonds is 5. The van der Waals surface area contributed by atoms with Gasteiger partial charge in [0.15, 0.2) is 0 Å². The lowest BCUT2D eigenvalue weighted by Gasteiger charge is -2.38. The highest BCUT2D eigenvalue weighted by atomic mass is 32.2. The number of carbonyl (C=O) groups is 2. The average molecular weight is 430 g/mol. The van der Waals surface area contributed by atoms with Crippen molar-refractivity contribution in [3.05, 3.63) is 29.8 Å². The minimum atomic E-state index is -4.37. The van der Waals surface area contributed by atoms with E-state index in [1.54, 1.807) is 27.6 Å². The molecule has 0 saturated carbocycles. The molecule has 9 heteroatoms. The number of unbranched alkanes of at least 4 members (excludes halogenated alkanes) is 1. The first kappa shape index (κ1) is 21.8. The van der Waals surface area contributed by atoms with Crippen LogP contribution < -0.4 is 4.90 Å². The number of piperazine rings is 1. The molecule has 2 aliphatic heterocycles. The Bertz CT molecular complexity index is 736. The van der Waals surface area contributed by atoms with Gasteiger partial charge in [0.05, 0.1) is 11.4 Å². The first-order valence-corrected chi connectivity index (χ1v) is 11.0. The lowest BCUT2D eigenvalue weighted by Crippen LogP contribution is -2.55. The Morgan fingerprint density at radius 3 is 2.55 bits per heavy atom. The monoisotopic (exact) mass is 429 g/mol. The molecule has 2 fully saturated rings. The fraction of sp³-hybridized carbons (Fsp3) is 0.600. The van der Waals surface area contributed by atoms with Crippen LogP contribution in [0.5, 0.6) is 0 Å². The Hall–Kier alpha value is -1.90. The van der Waals surface area contributed by atoms with Crippen LogP contribution in [0, 0.1) is 0 Å². The van der Waals surface area contributed by atoms with Gasteiger partial charge >= 0.3 is 6.18 Å². The smallest absolute Gasteiger partial charge is 0.368 e. The van der Waals surface area contributed by atoms with Crippen LogP contribution in [0.4, 0.5) is 18.9 Å². The van der Waals surface area contributed by atoms with E-state index < -0.39 is 17.8 Å². The van der Waals surface area contributed by atoms with E-state index in [0.717, 1.165) is 25.0 Å². The molecule has 0 aliphatic carbocycles. The number of amides is 2. The number of thioether (sulfide) groups is 1. The lowest BCUT2D eigenvalue weighted by molar-refractivity contribution is -0.143. The van der Waals surface area contributed by atoms with E-state index >= 15 is 0 Å². The Morgan fingerprint density at radius 1 is 1.17 bits per heavy atom. The van der Waals surface area contributed by atoms with Gasteiger partial charge < -0.3 is 14.7 Å². The van der Waals surface area contributed by atoms with Crippen molar-refractivity contribution in [1.29, 1.82) is 0 Å². The van der Waals surface area contributed by atoms with Gasteiger partial charge in [-0.3, -0.25) is 9.59 Å². The van der Waals surface area contributed by atoms with Crippen LogP contribution in [0.2, 0.25) is 0 Å². The summed E-state index contributed by atoms with van der Waals surface area (Å²) in [6, 6.07) is 4.86. The highest BCUT2D eigenvalue weighted by Gasteiger charge is 2.37. The van der Waals surface area contributed by atoms with Gasteiger partial charge in [-0.2, -0.15) is 13.2 Å². The predicted octanol–water partition coefficient (Wildman–Crippen LogP) is 3.45.